The van der Waals surface area contributed by atoms with Crippen molar-refractivity contribution in [3.05, 3.63) is 23.8 Å². The largest absolute Gasteiger partial charge is 0.493 e. The molecule has 1 aliphatic rings. The monoisotopic (exact) mass is 235 g/mol. The van der Waals surface area contributed by atoms with Gasteiger partial charge in [0.15, 0.2) is 11.5 Å². The number of methoxy groups -OCH3 is 1. The van der Waals surface area contributed by atoms with E-state index in [1.165, 1.54) is 18.4 Å². The second-order valence-corrected chi connectivity index (χ2v) is 4.34. The molecule has 0 aromatic heterocycles. The van der Waals surface area contributed by atoms with E-state index in [1.54, 1.807) is 7.11 Å². The molecule has 1 N–H and O–H groups in total. The lowest BCUT2D eigenvalue weighted by Gasteiger charge is -2.25. The van der Waals surface area contributed by atoms with E-state index in [-0.39, 0.29) is 0 Å². The summed E-state index contributed by atoms with van der Waals surface area (Å²) in [5.41, 5.74) is 1.29. The number of para-hydroxylation sites is 1. The molecule has 3 heteroatoms. The lowest BCUT2D eigenvalue weighted by atomic mass is 9.89. The highest BCUT2D eigenvalue weighted by Crippen LogP contribution is 2.38. The van der Waals surface area contributed by atoms with Gasteiger partial charge in [0.1, 0.15) is 0 Å². The number of rotatable bonds is 4. The standard InChI is InChI=1S/C14H21NO2/c1-3-17-13-6-4-5-12(14(13)16-2)11-7-9-15-10-8-11/h4-6,11,15H,3,7-10H2,1-2H3. The molecule has 1 aromatic rings. The molecule has 0 bridgehead atoms. The third-order valence-corrected chi connectivity index (χ3v) is 3.29. The molecule has 1 aromatic carbocycles. The zero-order valence-corrected chi connectivity index (χ0v) is 10.7. The number of ether oxygens (including phenoxy) is 2. The molecule has 0 amide bonds. The molecule has 0 atom stereocenters. The van der Waals surface area contributed by atoms with Gasteiger partial charge in [-0.05, 0) is 44.8 Å². The van der Waals surface area contributed by atoms with Gasteiger partial charge in [-0.15, -0.1) is 0 Å². The van der Waals surface area contributed by atoms with E-state index in [4.69, 9.17) is 9.47 Å². The Balaban J connectivity index is 2.28. The summed E-state index contributed by atoms with van der Waals surface area (Å²) in [5, 5.41) is 3.39. The maximum absolute atomic E-state index is 5.62. The lowest BCUT2D eigenvalue weighted by molar-refractivity contribution is 0.306. The maximum Gasteiger partial charge on any atom is 0.164 e. The summed E-state index contributed by atoms with van der Waals surface area (Å²) in [7, 11) is 1.72. The van der Waals surface area contributed by atoms with Crippen molar-refractivity contribution in [2.75, 3.05) is 26.8 Å². The van der Waals surface area contributed by atoms with Gasteiger partial charge in [0, 0.05) is 5.56 Å². The SMILES string of the molecule is CCOc1cccc(C2CCNCC2)c1OC. The van der Waals surface area contributed by atoms with Crippen molar-refractivity contribution in [3.63, 3.8) is 0 Å². The Bertz CT molecular complexity index is 359. The molecular formula is C14H21NO2. The number of hydrogen-bond acceptors (Lipinski definition) is 3. The normalized spacial score (nSPS) is 16.8. The average Bonchev–Trinajstić information content (AvgIpc) is 2.40. The van der Waals surface area contributed by atoms with Crippen LogP contribution in [0, 0.1) is 0 Å². The van der Waals surface area contributed by atoms with Gasteiger partial charge >= 0.3 is 0 Å². The molecule has 0 saturated carbocycles. The average molecular weight is 235 g/mol. The van der Waals surface area contributed by atoms with Crippen molar-refractivity contribution < 1.29 is 9.47 Å². The summed E-state index contributed by atoms with van der Waals surface area (Å²) in [5.74, 6) is 2.37. The van der Waals surface area contributed by atoms with Gasteiger partial charge in [0.2, 0.25) is 0 Å². The van der Waals surface area contributed by atoms with Crippen LogP contribution in [0.2, 0.25) is 0 Å². The molecule has 94 valence electrons. The Hall–Kier alpha value is -1.22. The van der Waals surface area contributed by atoms with Crippen molar-refractivity contribution in [3.8, 4) is 11.5 Å². The Kier molecular flexibility index (Phi) is 4.26. The second-order valence-electron chi connectivity index (χ2n) is 4.34. The fourth-order valence-corrected chi connectivity index (χ4v) is 2.47. The minimum Gasteiger partial charge on any atom is -0.493 e. The first-order chi connectivity index (χ1) is 8.36. The molecule has 1 fully saturated rings. The first-order valence-corrected chi connectivity index (χ1v) is 6.37. The molecular weight excluding hydrogens is 214 g/mol. The number of benzene rings is 1. The van der Waals surface area contributed by atoms with E-state index in [0.29, 0.717) is 12.5 Å². The van der Waals surface area contributed by atoms with E-state index in [2.05, 4.69) is 17.4 Å². The molecule has 0 radical (unpaired) electrons. The highest BCUT2D eigenvalue weighted by Gasteiger charge is 2.20. The van der Waals surface area contributed by atoms with Crippen LogP contribution in [0.5, 0.6) is 11.5 Å². The minimum absolute atomic E-state index is 0.589. The van der Waals surface area contributed by atoms with Crippen LogP contribution in [0.4, 0.5) is 0 Å². The number of hydrogen-bond donors (Lipinski definition) is 1. The first-order valence-electron chi connectivity index (χ1n) is 6.37. The van der Waals surface area contributed by atoms with Crippen LogP contribution in [0.15, 0.2) is 18.2 Å². The van der Waals surface area contributed by atoms with Crippen molar-refractivity contribution in [2.45, 2.75) is 25.7 Å². The smallest absolute Gasteiger partial charge is 0.164 e. The van der Waals surface area contributed by atoms with E-state index >= 15 is 0 Å². The molecule has 17 heavy (non-hydrogen) atoms. The summed E-state index contributed by atoms with van der Waals surface area (Å²) < 4.78 is 11.2. The van der Waals surface area contributed by atoms with Gasteiger partial charge < -0.3 is 14.8 Å². The Morgan fingerprint density at radius 1 is 1.29 bits per heavy atom. The van der Waals surface area contributed by atoms with Crippen LogP contribution in [-0.4, -0.2) is 26.8 Å². The van der Waals surface area contributed by atoms with Crippen LogP contribution in [-0.2, 0) is 0 Å². The van der Waals surface area contributed by atoms with Gasteiger partial charge in [-0.1, -0.05) is 12.1 Å². The summed E-state index contributed by atoms with van der Waals surface area (Å²) in [6, 6.07) is 6.20. The fraction of sp³-hybridized carbons (Fsp3) is 0.571. The van der Waals surface area contributed by atoms with Crippen LogP contribution in [0.25, 0.3) is 0 Å². The zero-order valence-electron chi connectivity index (χ0n) is 10.7. The summed E-state index contributed by atoms with van der Waals surface area (Å²) in [4.78, 5) is 0. The molecule has 1 heterocycles. The van der Waals surface area contributed by atoms with Gasteiger partial charge in [0.05, 0.1) is 13.7 Å². The van der Waals surface area contributed by atoms with Gasteiger partial charge in [0.25, 0.3) is 0 Å². The third kappa shape index (κ3) is 2.72. The Morgan fingerprint density at radius 2 is 2.06 bits per heavy atom. The summed E-state index contributed by atoms with van der Waals surface area (Å²) in [6.45, 7) is 4.85. The van der Waals surface area contributed by atoms with Crippen molar-refractivity contribution >= 4 is 0 Å². The topological polar surface area (TPSA) is 30.5 Å². The number of nitrogens with one attached hydrogen (secondary N) is 1. The zero-order chi connectivity index (χ0) is 12.1. The second kappa shape index (κ2) is 5.92. The third-order valence-electron chi connectivity index (χ3n) is 3.29. The maximum atomic E-state index is 5.62. The molecule has 3 nitrogen and oxygen atoms in total. The van der Waals surface area contributed by atoms with Crippen LogP contribution in [0.3, 0.4) is 0 Å². The van der Waals surface area contributed by atoms with Gasteiger partial charge in [-0.3, -0.25) is 0 Å². The van der Waals surface area contributed by atoms with Crippen LogP contribution >= 0.6 is 0 Å². The van der Waals surface area contributed by atoms with Crippen molar-refractivity contribution in [1.29, 1.82) is 0 Å². The highest BCUT2D eigenvalue weighted by atomic mass is 16.5. The van der Waals surface area contributed by atoms with Crippen molar-refractivity contribution in [1.82, 2.24) is 5.32 Å². The fourth-order valence-electron chi connectivity index (χ4n) is 2.47. The lowest BCUT2D eigenvalue weighted by Crippen LogP contribution is -2.26. The predicted molar refractivity (Wildman–Crippen MR) is 69.0 cm³/mol. The van der Waals surface area contributed by atoms with Crippen LogP contribution < -0.4 is 14.8 Å². The molecule has 0 unspecified atom stereocenters. The van der Waals surface area contributed by atoms with Crippen molar-refractivity contribution in [2.24, 2.45) is 0 Å². The molecule has 0 aliphatic carbocycles. The van der Waals surface area contributed by atoms with Gasteiger partial charge in [-0.25, -0.2) is 0 Å². The molecule has 0 spiro atoms. The number of piperidine rings is 1. The first kappa shape index (κ1) is 12.2. The Labute approximate surface area is 103 Å². The van der Waals surface area contributed by atoms with E-state index < -0.39 is 0 Å². The molecule has 1 aliphatic heterocycles. The molecule has 2 rings (SSSR count). The highest BCUT2D eigenvalue weighted by molar-refractivity contribution is 5.48. The summed E-state index contributed by atoms with van der Waals surface area (Å²) in [6.07, 6.45) is 2.35. The van der Waals surface area contributed by atoms with E-state index in [1.807, 2.05) is 13.0 Å². The van der Waals surface area contributed by atoms with E-state index in [0.717, 1.165) is 24.6 Å². The van der Waals surface area contributed by atoms with Crippen LogP contribution in [0.1, 0.15) is 31.2 Å². The summed E-state index contributed by atoms with van der Waals surface area (Å²) >= 11 is 0. The minimum atomic E-state index is 0.589. The van der Waals surface area contributed by atoms with E-state index in [9.17, 15) is 0 Å². The van der Waals surface area contributed by atoms with Gasteiger partial charge in [-0.2, -0.15) is 0 Å². The quantitative estimate of drug-likeness (QED) is 0.870. The predicted octanol–water partition coefficient (Wildman–Crippen LogP) is 2.56. The molecule has 1 saturated heterocycles. The Morgan fingerprint density at radius 3 is 2.71 bits per heavy atom.